The van der Waals surface area contributed by atoms with Gasteiger partial charge >= 0.3 is 0 Å². The second-order valence-electron chi connectivity index (χ2n) is 5.84. The number of pyridine rings is 1. The van der Waals surface area contributed by atoms with Crippen LogP contribution in [0.2, 0.25) is 10.0 Å². The van der Waals surface area contributed by atoms with Gasteiger partial charge < -0.3 is 10.0 Å². The largest absolute Gasteiger partial charge is 0.508 e. The van der Waals surface area contributed by atoms with Gasteiger partial charge in [-0.15, -0.1) is 0 Å². The molecular weight excluding hydrogens is 371 g/mol. The lowest BCUT2D eigenvalue weighted by atomic mass is 10.1. The summed E-state index contributed by atoms with van der Waals surface area (Å²) in [6.45, 7) is 1.99. The third kappa shape index (κ3) is 3.98. The Hall–Kier alpha value is -2.56. The van der Waals surface area contributed by atoms with Gasteiger partial charge in [-0.3, -0.25) is 9.78 Å². The third-order valence-electron chi connectivity index (χ3n) is 3.97. The highest BCUT2D eigenvalue weighted by atomic mass is 35.5. The number of benzene rings is 2. The predicted molar refractivity (Wildman–Crippen MR) is 104 cm³/mol. The lowest BCUT2D eigenvalue weighted by molar-refractivity contribution is 0.0984. The van der Waals surface area contributed by atoms with E-state index in [9.17, 15) is 9.90 Å². The summed E-state index contributed by atoms with van der Waals surface area (Å²) in [5.74, 6) is -0.114. The second kappa shape index (κ2) is 7.77. The zero-order valence-electron chi connectivity index (χ0n) is 14.0. The Balaban J connectivity index is 2.08. The molecule has 0 spiro atoms. The monoisotopic (exact) mass is 386 g/mol. The minimum Gasteiger partial charge on any atom is -0.508 e. The van der Waals surface area contributed by atoms with Crippen LogP contribution in [0.25, 0.3) is 0 Å². The maximum atomic E-state index is 13.2. The molecule has 132 valence electrons. The third-order valence-corrected chi connectivity index (χ3v) is 4.41. The fraction of sp³-hybridized carbons (Fsp3) is 0.100. The van der Waals surface area contributed by atoms with Crippen molar-refractivity contribution in [2.75, 3.05) is 4.90 Å². The van der Waals surface area contributed by atoms with Crippen molar-refractivity contribution in [1.29, 1.82) is 0 Å². The van der Waals surface area contributed by atoms with E-state index < -0.39 is 0 Å². The van der Waals surface area contributed by atoms with Gasteiger partial charge in [-0.1, -0.05) is 41.4 Å². The van der Waals surface area contributed by atoms with Gasteiger partial charge in [0, 0.05) is 39.3 Å². The van der Waals surface area contributed by atoms with Crippen molar-refractivity contribution in [2.24, 2.45) is 0 Å². The number of aromatic nitrogens is 1. The van der Waals surface area contributed by atoms with Gasteiger partial charge in [-0.05, 0) is 42.8 Å². The van der Waals surface area contributed by atoms with Crippen LogP contribution < -0.4 is 4.90 Å². The molecule has 0 fully saturated rings. The summed E-state index contributed by atoms with van der Waals surface area (Å²) in [6, 6.07) is 13.5. The van der Waals surface area contributed by atoms with Crippen LogP contribution in [0, 0.1) is 6.92 Å². The number of carbonyl (C=O) groups is 1. The number of para-hydroxylation sites is 1. The number of aromatic hydroxyl groups is 1. The minimum absolute atomic E-state index is 0.116. The van der Waals surface area contributed by atoms with Gasteiger partial charge in [0.05, 0.1) is 6.54 Å². The summed E-state index contributed by atoms with van der Waals surface area (Å²) in [4.78, 5) is 18.8. The van der Waals surface area contributed by atoms with Crippen LogP contribution in [-0.4, -0.2) is 16.0 Å². The molecule has 6 heteroatoms. The predicted octanol–water partition coefficient (Wildman–Crippen LogP) is 5.25. The molecule has 2 aromatic carbocycles. The first kappa shape index (κ1) is 18.2. The first-order valence-corrected chi connectivity index (χ1v) is 8.67. The van der Waals surface area contributed by atoms with E-state index in [0.29, 0.717) is 26.9 Å². The molecule has 26 heavy (non-hydrogen) atoms. The summed E-state index contributed by atoms with van der Waals surface area (Å²) in [6.07, 6.45) is 3.21. The zero-order chi connectivity index (χ0) is 18.7. The van der Waals surface area contributed by atoms with E-state index in [1.165, 1.54) is 4.90 Å². The van der Waals surface area contributed by atoms with Crippen LogP contribution >= 0.6 is 23.2 Å². The molecule has 4 nitrogen and oxygen atoms in total. The number of aryl methyl sites for hydroxylation is 1. The minimum atomic E-state index is -0.230. The van der Waals surface area contributed by atoms with E-state index in [4.69, 9.17) is 23.2 Å². The zero-order valence-corrected chi connectivity index (χ0v) is 15.5. The number of halogens is 2. The van der Waals surface area contributed by atoms with Crippen LogP contribution in [0.5, 0.6) is 5.75 Å². The first-order valence-electron chi connectivity index (χ1n) is 7.91. The first-order chi connectivity index (χ1) is 12.5. The number of amides is 1. The van der Waals surface area contributed by atoms with Gasteiger partial charge in [-0.2, -0.15) is 0 Å². The fourth-order valence-corrected chi connectivity index (χ4v) is 3.16. The number of phenols is 1. The van der Waals surface area contributed by atoms with Gasteiger partial charge in [0.2, 0.25) is 0 Å². The molecule has 0 atom stereocenters. The number of phenolic OH excluding ortho intramolecular Hbond substituents is 1. The van der Waals surface area contributed by atoms with E-state index in [0.717, 1.165) is 5.56 Å². The highest BCUT2D eigenvalue weighted by Gasteiger charge is 2.21. The maximum Gasteiger partial charge on any atom is 0.258 e. The highest BCUT2D eigenvalue weighted by Crippen LogP contribution is 2.29. The van der Waals surface area contributed by atoms with E-state index >= 15 is 0 Å². The number of anilines is 1. The normalized spacial score (nSPS) is 10.6. The van der Waals surface area contributed by atoms with Crippen LogP contribution in [0.1, 0.15) is 21.5 Å². The van der Waals surface area contributed by atoms with Crippen molar-refractivity contribution in [3.05, 3.63) is 87.7 Å². The molecule has 1 aromatic heterocycles. The average Bonchev–Trinajstić information content (AvgIpc) is 2.60. The van der Waals surface area contributed by atoms with Crippen LogP contribution in [0.15, 0.2) is 60.9 Å². The Kier molecular flexibility index (Phi) is 5.45. The molecule has 0 saturated heterocycles. The van der Waals surface area contributed by atoms with Crippen LogP contribution in [0.4, 0.5) is 5.69 Å². The maximum absolute atomic E-state index is 13.2. The number of carbonyl (C=O) groups excluding carboxylic acids is 1. The molecule has 3 rings (SSSR count). The smallest absolute Gasteiger partial charge is 0.258 e. The summed E-state index contributed by atoms with van der Waals surface area (Å²) in [5, 5.41) is 11.0. The van der Waals surface area contributed by atoms with Crippen LogP contribution in [0.3, 0.4) is 0 Å². The molecule has 0 saturated carbocycles. The number of rotatable bonds is 4. The molecular formula is C20H16Cl2N2O2. The molecule has 1 amide bonds. The highest BCUT2D eigenvalue weighted by molar-refractivity contribution is 6.35. The molecule has 0 bridgehead atoms. The summed E-state index contributed by atoms with van der Waals surface area (Å²) < 4.78 is 0. The molecule has 0 aliphatic rings. The molecule has 3 aromatic rings. The quantitative estimate of drug-likeness (QED) is 0.665. The van der Waals surface area contributed by atoms with Crippen molar-refractivity contribution in [2.45, 2.75) is 13.5 Å². The van der Waals surface area contributed by atoms with Crippen molar-refractivity contribution in [3.63, 3.8) is 0 Å². The number of hydrogen-bond donors (Lipinski definition) is 1. The van der Waals surface area contributed by atoms with Crippen LogP contribution in [-0.2, 0) is 6.54 Å². The SMILES string of the molecule is Cc1cnccc1C(=O)N(Cc1ccccc1O)c1cc(Cl)cc(Cl)c1. The van der Waals surface area contributed by atoms with Crippen molar-refractivity contribution >= 4 is 34.8 Å². The second-order valence-corrected chi connectivity index (χ2v) is 6.71. The Morgan fingerprint density at radius 3 is 2.46 bits per heavy atom. The van der Waals surface area contributed by atoms with Gasteiger partial charge in [0.15, 0.2) is 0 Å². The van der Waals surface area contributed by atoms with Crippen molar-refractivity contribution in [1.82, 2.24) is 4.98 Å². The molecule has 0 aliphatic heterocycles. The van der Waals surface area contributed by atoms with Gasteiger partial charge in [-0.25, -0.2) is 0 Å². The molecule has 0 unspecified atom stereocenters. The lowest BCUT2D eigenvalue weighted by Crippen LogP contribution is -2.31. The van der Waals surface area contributed by atoms with Gasteiger partial charge in [0.1, 0.15) is 5.75 Å². The fourth-order valence-electron chi connectivity index (χ4n) is 2.65. The average molecular weight is 387 g/mol. The van der Waals surface area contributed by atoms with Crippen molar-refractivity contribution in [3.8, 4) is 5.75 Å². The molecule has 0 radical (unpaired) electrons. The Bertz CT molecular complexity index is 940. The van der Waals surface area contributed by atoms with E-state index in [1.54, 1.807) is 60.9 Å². The molecule has 1 heterocycles. The lowest BCUT2D eigenvalue weighted by Gasteiger charge is -2.24. The van der Waals surface area contributed by atoms with E-state index in [-0.39, 0.29) is 18.2 Å². The van der Waals surface area contributed by atoms with Gasteiger partial charge in [0.25, 0.3) is 5.91 Å². The van der Waals surface area contributed by atoms with Crippen molar-refractivity contribution < 1.29 is 9.90 Å². The number of nitrogens with zero attached hydrogens (tertiary/aromatic N) is 2. The molecule has 1 N–H and O–H groups in total. The number of hydrogen-bond acceptors (Lipinski definition) is 3. The van der Waals surface area contributed by atoms with E-state index in [2.05, 4.69) is 4.98 Å². The summed E-state index contributed by atoms with van der Waals surface area (Å²) in [5.41, 5.74) is 2.44. The Morgan fingerprint density at radius 2 is 1.81 bits per heavy atom. The summed E-state index contributed by atoms with van der Waals surface area (Å²) in [7, 11) is 0. The Morgan fingerprint density at radius 1 is 1.12 bits per heavy atom. The topological polar surface area (TPSA) is 53.4 Å². The molecule has 0 aliphatic carbocycles. The standard InChI is InChI=1S/C20H16Cl2N2O2/c1-13-11-23-7-6-18(13)20(26)24(12-14-4-2-3-5-19(14)25)17-9-15(21)8-16(22)10-17/h2-11,25H,12H2,1H3. The summed E-state index contributed by atoms with van der Waals surface area (Å²) >= 11 is 12.3. The Labute approximate surface area is 161 Å². The van der Waals surface area contributed by atoms with E-state index in [1.807, 2.05) is 6.92 Å².